The summed E-state index contributed by atoms with van der Waals surface area (Å²) >= 11 is 0. The first-order valence-corrected chi connectivity index (χ1v) is 8.64. The average Bonchev–Trinajstić information content (AvgIpc) is 3.21. The molecule has 0 atom stereocenters. The maximum atomic E-state index is 5.96. The van der Waals surface area contributed by atoms with Crippen LogP contribution in [0.1, 0.15) is 5.56 Å². The van der Waals surface area contributed by atoms with Crippen LogP contribution >= 0.6 is 0 Å². The van der Waals surface area contributed by atoms with Gasteiger partial charge < -0.3 is 14.6 Å². The zero-order valence-corrected chi connectivity index (χ0v) is 14.4. The molecule has 2 heterocycles. The van der Waals surface area contributed by atoms with E-state index in [2.05, 4.69) is 39.6 Å². The quantitative estimate of drug-likeness (QED) is 0.548. The number of nitrogens with one attached hydrogen (secondary N) is 1. The molecule has 0 saturated heterocycles. The topological polar surface area (TPSA) is 52.0 Å². The van der Waals surface area contributed by atoms with Crippen molar-refractivity contribution in [3.05, 3.63) is 85.1 Å². The highest BCUT2D eigenvalue weighted by atomic mass is 16.5. The molecule has 0 aliphatic rings. The van der Waals surface area contributed by atoms with Gasteiger partial charge in [-0.1, -0.05) is 36.4 Å². The molecule has 4 aromatic rings. The maximum Gasteiger partial charge on any atom is 0.142 e. The van der Waals surface area contributed by atoms with Gasteiger partial charge in [-0.05, 0) is 23.8 Å². The zero-order valence-electron chi connectivity index (χ0n) is 14.4. The summed E-state index contributed by atoms with van der Waals surface area (Å²) in [6, 6.07) is 18.3. The van der Waals surface area contributed by atoms with E-state index < -0.39 is 0 Å². The van der Waals surface area contributed by atoms with E-state index in [1.807, 2.05) is 47.3 Å². The van der Waals surface area contributed by atoms with Gasteiger partial charge in [-0.3, -0.25) is 4.98 Å². The highest BCUT2D eigenvalue weighted by molar-refractivity contribution is 5.81. The summed E-state index contributed by atoms with van der Waals surface area (Å²) in [5, 5.41) is 4.63. The summed E-state index contributed by atoms with van der Waals surface area (Å²) in [6.45, 7) is 2.04. The van der Waals surface area contributed by atoms with Crippen LogP contribution < -0.4 is 10.1 Å². The third-order valence-corrected chi connectivity index (χ3v) is 4.24. The van der Waals surface area contributed by atoms with Gasteiger partial charge in [0, 0.05) is 30.5 Å². The van der Waals surface area contributed by atoms with Gasteiger partial charge in [0.25, 0.3) is 0 Å². The number of imidazole rings is 1. The van der Waals surface area contributed by atoms with Crippen molar-refractivity contribution in [3.63, 3.8) is 0 Å². The second-order valence-corrected chi connectivity index (χ2v) is 5.99. The van der Waals surface area contributed by atoms with E-state index in [1.54, 1.807) is 12.5 Å². The Hall–Kier alpha value is -3.34. The molecule has 2 aromatic heterocycles. The Labute approximate surface area is 152 Å². The van der Waals surface area contributed by atoms with Crippen LogP contribution in [-0.2, 0) is 13.1 Å². The number of ether oxygens (including phenoxy) is 1. The number of para-hydroxylation sites is 3. The number of pyridine rings is 1. The first-order chi connectivity index (χ1) is 12.9. The van der Waals surface area contributed by atoms with Crippen LogP contribution in [0.2, 0.25) is 0 Å². The summed E-state index contributed by atoms with van der Waals surface area (Å²) in [5.74, 6) is 0.848. The molecule has 2 aromatic carbocycles. The zero-order chi connectivity index (χ0) is 17.6. The predicted molar refractivity (Wildman–Crippen MR) is 103 cm³/mol. The predicted octanol–water partition coefficient (Wildman–Crippen LogP) is 4.12. The molecular formula is C21H20N4O. The molecule has 0 bridgehead atoms. The number of aromatic nitrogens is 3. The lowest BCUT2D eigenvalue weighted by Gasteiger charge is -2.14. The van der Waals surface area contributed by atoms with Crippen molar-refractivity contribution < 1.29 is 4.74 Å². The van der Waals surface area contributed by atoms with Gasteiger partial charge in [0.1, 0.15) is 12.4 Å². The molecule has 0 amide bonds. The van der Waals surface area contributed by atoms with E-state index in [-0.39, 0.29) is 0 Å². The molecule has 0 radical (unpaired) electrons. The van der Waals surface area contributed by atoms with Gasteiger partial charge >= 0.3 is 0 Å². The van der Waals surface area contributed by atoms with Crippen LogP contribution in [0.4, 0.5) is 5.69 Å². The second-order valence-electron chi connectivity index (χ2n) is 5.99. The minimum absolute atomic E-state index is 0.588. The van der Waals surface area contributed by atoms with Gasteiger partial charge in [0.2, 0.25) is 0 Å². The monoisotopic (exact) mass is 344 g/mol. The number of rotatable bonds is 7. The molecule has 4 rings (SSSR count). The summed E-state index contributed by atoms with van der Waals surface area (Å²) in [6.07, 6.45) is 7.33. The molecular weight excluding hydrogens is 324 g/mol. The fourth-order valence-corrected chi connectivity index (χ4v) is 2.92. The molecule has 0 saturated carbocycles. The van der Waals surface area contributed by atoms with Crippen LogP contribution in [0.15, 0.2) is 79.5 Å². The third-order valence-electron chi connectivity index (χ3n) is 4.24. The lowest BCUT2D eigenvalue weighted by atomic mass is 10.1. The number of hydrogen-bond donors (Lipinski definition) is 1. The lowest BCUT2D eigenvalue weighted by Crippen LogP contribution is -2.08. The minimum Gasteiger partial charge on any atom is -0.490 e. The van der Waals surface area contributed by atoms with Gasteiger partial charge in [-0.15, -0.1) is 0 Å². The second kappa shape index (κ2) is 7.70. The normalized spacial score (nSPS) is 10.8. The van der Waals surface area contributed by atoms with Crippen molar-refractivity contribution in [1.82, 2.24) is 14.5 Å². The SMILES string of the molecule is c1ccc(OCCn2ccnc2)c(NCc2cccc3cccnc23)c1. The summed E-state index contributed by atoms with van der Waals surface area (Å²) < 4.78 is 7.96. The van der Waals surface area contributed by atoms with Gasteiger partial charge in [0.15, 0.2) is 0 Å². The van der Waals surface area contributed by atoms with Gasteiger partial charge in [-0.25, -0.2) is 4.98 Å². The van der Waals surface area contributed by atoms with Crippen molar-refractivity contribution >= 4 is 16.6 Å². The summed E-state index contributed by atoms with van der Waals surface area (Å²) in [7, 11) is 0. The van der Waals surface area contributed by atoms with E-state index in [9.17, 15) is 0 Å². The lowest BCUT2D eigenvalue weighted by molar-refractivity contribution is 0.299. The molecule has 5 nitrogen and oxygen atoms in total. The Morgan fingerprint density at radius 1 is 0.962 bits per heavy atom. The van der Waals surface area contributed by atoms with E-state index in [0.29, 0.717) is 13.2 Å². The molecule has 0 aliphatic heterocycles. The summed E-state index contributed by atoms with van der Waals surface area (Å²) in [5.41, 5.74) is 3.17. The Kier molecular flexibility index (Phi) is 4.78. The van der Waals surface area contributed by atoms with E-state index in [1.165, 1.54) is 0 Å². The van der Waals surface area contributed by atoms with Gasteiger partial charge in [-0.2, -0.15) is 0 Å². The number of fused-ring (bicyclic) bond motifs is 1. The van der Waals surface area contributed by atoms with Crippen LogP contribution in [0, 0.1) is 0 Å². The maximum absolute atomic E-state index is 5.96. The van der Waals surface area contributed by atoms with Crippen LogP contribution in [0.3, 0.4) is 0 Å². The van der Waals surface area contributed by atoms with Crippen molar-refractivity contribution in [2.45, 2.75) is 13.1 Å². The number of benzene rings is 2. The molecule has 0 unspecified atom stereocenters. The molecule has 0 fully saturated rings. The number of hydrogen-bond acceptors (Lipinski definition) is 4. The van der Waals surface area contributed by atoms with E-state index in [0.717, 1.165) is 34.4 Å². The fraction of sp³-hybridized carbons (Fsp3) is 0.143. The molecule has 5 heteroatoms. The number of anilines is 1. The first kappa shape index (κ1) is 16.1. The Balaban J connectivity index is 1.44. The molecule has 26 heavy (non-hydrogen) atoms. The van der Waals surface area contributed by atoms with Crippen molar-refractivity contribution in [2.24, 2.45) is 0 Å². The van der Waals surface area contributed by atoms with E-state index in [4.69, 9.17) is 4.74 Å². The molecule has 130 valence electrons. The highest BCUT2D eigenvalue weighted by Gasteiger charge is 2.05. The molecule has 0 aliphatic carbocycles. The van der Waals surface area contributed by atoms with Gasteiger partial charge in [0.05, 0.1) is 24.1 Å². The van der Waals surface area contributed by atoms with Crippen molar-refractivity contribution in [2.75, 3.05) is 11.9 Å². The molecule has 0 spiro atoms. The standard InChI is InChI=1S/C21H20N4O/c1-2-9-20(26-14-13-25-12-11-22-16-25)19(8-1)24-15-18-6-3-5-17-7-4-10-23-21(17)18/h1-12,16,24H,13-15H2. The van der Waals surface area contributed by atoms with Crippen LogP contribution in [0.5, 0.6) is 5.75 Å². The molecule has 1 N–H and O–H groups in total. The Morgan fingerprint density at radius 3 is 2.81 bits per heavy atom. The van der Waals surface area contributed by atoms with Crippen LogP contribution in [0.25, 0.3) is 10.9 Å². The first-order valence-electron chi connectivity index (χ1n) is 8.64. The van der Waals surface area contributed by atoms with E-state index >= 15 is 0 Å². The Bertz CT molecular complexity index is 977. The van der Waals surface area contributed by atoms with Crippen molar-refractivity contribution in [3.8, 4) is 5.75 Å². The number of nitrogens with zero attached hydrogens (tertiary/aromatic N) is 3. The smallest absolute Gasteiger partial charge is 0.142 e. The Morgan fingerprint density at radius 2 is 1.88 bits per heavy atom. The largest absolute Gasteiger partial charge is 0.490 e. The fourth-order valence-electron chi connectivity index (χ4n) is 2.92. The highest BCUT2D eigenvalue weighted by Crippen LogP contribution is 2.25. The van der Waals surface area contributed by atoms with Crippen molar-refractivity contribution in [1.29, 1.82) is 0 Å². The third kappa shape index (κ3) is 3.67. The van der Waals surface area contributed by atoms with Crippen LogP contribution in [-0.4, -0.2) is 21.1 Å². The average molecular weight is 344 g/mol. The minimum atomic E-state index is 0.588. The summed E-state index contributed by atoms with van der Waals surface area (Å²) in [4.78, 5) is 8.56.